The Hall–Kier alpha value is -0.850. The lowest BCUT2D eigenvalue weighted by atomic mass is 10.7. The Morgan fingerprint density at radius 2 is 2.23 bits per heavy atom. The lowest BCUT2D eigenvalue weighted by Gasteiger charge is -2.03. The highest BCUT2D eigenvalue weighted by Gasteiger charge is 2.12. The van der Waals surface area contributed by atoms with Crippen molar-refractivity contribution in [2.75, 3.05) is 20.1 Å². The number of aromatic amines is 1. The minimum absolute atomic E-state index is 0.267. The normalized spacial score (nSPS) is 11.8. The molecule has 1 heterocycles. The van der Waals surface area contributed by atoms with Gasteiger partial charge in [-0.05, 0) is 13.1 Å². The van der Waals surface area contributed by atoms with Crippen molar-refractivity contribution in [2.24, 2.45) is 0 Å². The van der Waals surface area contributed by atoms with Gasteiger partial charge in [-0.25, -0.2) is 13.1 Å². The van der Waals surface area contributed by atoms with Gasteiger partial charge in [-0.1, -0.05) is 0 Å². The van der Waals surface area contributed by atoms with E-state index in [4.69, 9.17) is 0 Å². The van der Waals surface area contributed by atoms with Crippen molar-refractivity contribution in [1.82, 2.24) is 15.0 Å². The van der Waals surface area contributed by atoms with Crippen LogP contribution in [0.5, 0.6) is 0 Å². The second-order valence-electron chi connectivity index (χ2n) is 2.55. The molecule has 0 aromatic carbocycles. The van der Waals surface area contributed by atoms with Gasteiger partial charge in [0.25, 0.3) is 0 Å². The summed E-state index contributed by atoms with van der Waals surface area (Å²) < 4.78 is 25.3. The van der Waals surface area contributed by atoms with Gasteiger partial charge in [0.05, 0.1) is 4.90 Å². The SMILES string of the molecule is CNCCNS(=O)(=O)c1cc[nH]c1. The quantitative estimate of drug-likeness (QED) is 0.565. The van der Waals surface area contributed by atoms with E-state index in [1.54, 1.807) is 13.2 Å². The van der Waals surface area contributed by atoms with Gasteiger partial charge in [0.2, 0.25) is 10.0 Å². The molecule has 0 aliphatic carbocycles. The monoisotopic (exact) mass is 203 g/mol. The summed E-state index contributed by atoms with van der Waals surface area (Å²) in [5.41, 5.74) is 0. The molecule has 1 aromatic rings. The third-order valence-electron chi connectivity index (χ3n) is 1.55. The van der Waals surface area contributed by atoms with Gasteiger partial charge in [0.15, 0.2) is 0 Å². The third kappa shape index (κ3) is 2.83. The first-order valence-corrected chi connectivity index (χ1v) is 5.42. The summed E-state index contributed by atoms with van der Waals surface area (Å²) in [6.45, 7) is 1.01. The van der Waals surface area contributed by atoms with Crippen LogP contribution in [0.2, 0.25) is 0 Å². The maximum atomic E-state index is 11.4. The molecule has 0 saturated carbocycles. The van der Waals surface area contributed by atoms with Crippen molar-refractivity contribution in [2.45, 2.75) is 4.90 Å². The van der Waals surface area contributed by atoms with Crippen molar-refractivity contribution >= 4 is 10.0 Å². The van der Waals surface area contributed by atoms with Crippen LogP contribution in [0.1, 0.15) is 0 Å². The largest absolute Gasteiger partial charge is 0.366 e. The van der Waals surface area contributed by atoms with Gasteiger partial charge >= 0.3 is 0 Å². The molecule has 6 heteroatoms. The molecule has 0 saturated heterocycles. The fraction of sp³-hybridized carbons (Fsp3) is 0.429. The number of nitrogens with one attached hydrogen (secondary N) is 3. The first kappa shape index (κ1) is 10.2. The van der Waals surface area contributed by atoms with E-state index in [9.17, 15) is 8.42 Å². The number of hydrogen-bond acceptors (Lipinski definition) is 3. The molecule has 0 aliphatic heterocycles. The van der Waals surface area contributed by atoms with E-state index in [1.807, 2.05) is 0 Å². The maximum absolute atomic E-state index is 11.4. The number of rotatable bonds is 5. The van der Waals surface area contributed by atoms with E-state index in [0.717, 1.165) is 0 Å². The van der Waals surface area contributed by atoms with Gasteiger partial charge in [-0.2, -0.15) is 0 Å². The molecule has 0 atom stereocenters. The average Bonchev–Trinajstić information content (AvgIpc) is 2.56. The van der Waals surface area contributed by atoms with Crippen LogP contribution in [0.25, 0.3) is 0 Å². The van der Waals surface area contributed by atoms with Gasteiger partial charge in [0.1, 0.15) is 0 Å². The smallest absolute Gasteiger partial charge is 0.242 e. The summed E-state index contributed by atoms with van der Waals surface area (Å²) in [6, 6.07) is 1.52. The van der Waals surface area contributed by atoms with E-state index in [2.05, 4.69) is 15.0 Å². The molecule has 0 spiro atoms. The molecule has 5 nitrogen and oxygen atoms in total. The second-order valence-corrected chi connectivity index (χ2v) is 4.31. The topological polar surface area (TPSA) is 74.0 Å². The van der Waals surface area contributed by atoms with E-state index >= 15 is 0 Å². The predicted octanol–water partition coefficient (Wildman–Crippen LogP) is -0.488. The summed E-state index contributed by atoms with van der Waals surface area (Å²) in [6.07, 6.45) is 3.02. The van der Waals surface area contributed by atoms with Gasteiger partial charge < -0.3 is 10.3 Å². The summed E-state index contributed by atoms with van der Waals surface area (Å²) >= 11 is 0. The highest BCUT2D eigenvalue weighted by atomic mass is 32.2. The first-order valence-electron chi connectivity index (χ1n) is 3.94. The average molecular weight is 203 g/mol. The van der Waals surface area contributed by atoms with Crippen LogP contribution in [-0.2, 0) is 10.0 Å². The number of likely N-dealkylation sites (N-methyl/N-ethyl adjacent to an activating group) is 1. The van der Waals surface area contributed by atoms with Gasteiger partial charge in [-0.15, -0.1) is 0 Å². The van der Waals surface area contributed by atoms with Crippen LogP contribution < -0.4 is 10.0 Å². The summed E-state index contributed by atoms with van der Waals surface area (Å²) in [4.78, 5) is 2.96. The maximum Gasteiger partial charge on any atom is 0.242 e. The molecule has 0 bridgehead atoms. The number of hydrogen-bond donors (Lipinski definition) is 3. The Labute approximate surface area is 77.6 Å². The second kappa shape index (κ2) is 4.40. The molecule has 0 aliphatic rings. The lowest BCUT2D eigenvalue weighted by Crippen LogP contribution is -2.30. The Morgan fingerprint density at radius 3 is 2.77 bits per heavy atom. The highest BCUT2D eigenvalue weighted by molar-refractivity contribution is 7.89. The third-order valence-corrected chi connectivity index (χ3v) is 3.01. The van der Waals surface area contributed by atoms with E-state index in [-0.39, 0.29) is 4.90 Å². The molecular formula is C7H13N3O2S. The van der Waals surface area contributed by atoms with E-state index in [1.165, 1.54) is 12.3 Å². The fourth-order valence-corrected chi connectivity index (χ4v) is 1.88. The van der Waals surface area contributed by atoms with Crippen LogP contribution in [0.4, 0.5) is 0 Å². The summed E-state index contributed by atoms with van der Waals surface area (Å²) in [5.74, 6) is 0. The molecule has 0 unspecified atom stereocenters. The number of H-pyrrole nitrogens is 1. The van der Waals surface area contributed by atoms with Crippen LogP contribution in [0.15, 0.2) is 23.4 Å². The summed E-state index contributed by atoms with van der Waals surface area (Å²) in [5, 5.41) is 2.85. The molecule has 74 valence electrons. The molecule has 3 N–H and O–H groups in total. The van der Waals surface area contributed by atoms with Crippen LogP contribution in [-0.4, -0.2) is 33.5 Å². The van der Waals surface area contributed by atoms with Crippen molar-refractivity contribution in [3.05, 3.63) is 18.5 Å². The van der Waals surface area contributed by atoms with Crippen molar-refractivity contribution in [3.8, 4) is 0 Å². The Morgan fingerprint density at radius 1 is 1.46 bits per heavy atom. The van der Waals surface area contributed by atoms with Gasteiger partial charge in [-0.3, -0.25) is 0 Å². The molecule has 0 fully saturated rings. The Balaban J connectivity index is 2.58. The minimum atomic E-state index is -3.31. The van der Waals surface area contributed by atoms with E-state index in [0.29, 0.717) is 13.1 Å². The minimum Gasteiger partial charge on any atom is -0.366 e. The number of sulfonamides is 1. The predicted molar refractivity (Wildman–Crippen MR) is 49.9 cm³/mol. The van der Waals surface area contributed by atoms with Crippen molar-refractivity contribution in [3.63, 3.8) is 0 Å². The molecular weight excluding hydrogens is 190 g/mol. The number of aromatic nitrogens is 1. The molecule has 1 aromatic heterocycles. The lowest BCUT2D eigenvalue weighted by molar-refractivity contribution is 0.579. The molecule has 1 rings (SSSR count). The van der Waals surface area contributed by atoms with Crippen LogP contribution in [0.3, 0.4) is 0 Å². The summed E-state index contributed by atoms with van der Waals surface area (Å²) in [7, 11) is -1.54. The van der Waals surface area contributed by atoms with Gasteiger partial charge in [0, 0.05) is 25.5 Å². The Bertz CT molecular complexity index is 331. The zero-order valence-corrected chi connectivity index (χ0v) is 8.19. The Kier molecular flexibility index (Phi) is 3.47. The first-order chi connectivity index (χ1) is 6.17. The highest BCUT2D eigenvalue weighted by Crippen LogP contribution is 2.04. The zero-order chi connectivity index (χ0) is 9.73. The molecule has 13 heavy (non-hydrogen) atoms. The molecule has 0 radical (unpaired) electrons. The standard InChI is InChI=1S/C7H13N3O2S/c1-8-4-5-10-13(11,12)7-2-3-9-6-7/h2-3,6,8-10H,4-5H2,1H3. The van der Waals surface area contributed by atoms with Crippen LogP contribution in [0, 0.1) is 0 Å². The van der Waals surface area contributed by atoms with E-state index < -0.39 is 10.0 Å². The zero-order valence-electron chi connectivity index (χ0n) is 7.37. The fourth-order valence-electron chi connectivity index (χ4n) is 0.869. The van der Waals surface area contributed by atoms with Crippen LogP contribution >= 0.6 is 0 Å². The molecule has 0 amide bonds. The van der Waals surface area contributed by atoms with Crippen molar-refractivity contribution in [1.29, 1.82) is 0 Å². The van der Waals surface area contributed by atoms with Crippen molar-refractivity contribution < 1.29 is 8.42 Å².